The molecule has 0 bridgehead atoms. The first kappa shape index (κ1) is 13.3. The summed E-state index contributed by atoms with van der Waals surface area (Å²) in [5.74, 6) is 6.06. The van der Waals surface area contributed by atoms with E-state index in [-0.39, 0.29) is 5.91 Å². The topological polar surface area (TPSA) is 81.2 Å². The van der Waals surface area contributed by atoms with E-state index in [4.69, 9.17) is 10.3 Å². The van der Waals surface area contributed by atoms with E-state index in [1.807, 2.05) is 11.4 Å². The van der Waals surface area contributed by atoms with Crippen LogP contribution in [0.15, 0.2) is 22.2 Å². The maximum atomic E-state index is 11.8. The van der Waals surface area contributed by atoms with Gasteiger partial charge < -0.3 is 15.6 Å². The number of hydrogen-bond acceptors (Lipinski definition) is 5. The number of nitrogens with one attached hydrogen (secondary N) is 1. The van der Waals surface area contributed by atoms with Crippen LogP contribution < -0.4 is 11.1 Å². The van der Waals surface area contributed by atoms with Crippen LogP contribution >= 0.6 is 11.3 Å². The zero-order chi connectivity index (χ0) is 13.7. The molecule has 19 heavy (non-hydrogen) atoms. The highest BCUT2D eigenvalue weighted by atomic mass is 32.1. The molecule has 3 N–H and O–H groups in total. The lowest BCUT2D eigenvalue weighted by molar-refractivity contribution is 0.0950. The third-order valence-corrected chi connectivity index (χ3v) is 3.34. The second-order valence-corrected chi connectivity index (χ2v) is 4.78. The summed E-state index contributed by atoms with van der Waals surface area (Å²) in [7, 11) is 0. The highest BCUT2D eigenvalue weighted by molar-refractivity contribution is 7.10. The number of carbonyl (C=O) groups excluding carboxylic acids is 1. The second kappa shape index (κ2) is 6.18. The van der Waals surface area contributed by atoms with E-state index in [1.165, 1.54) is 6.20 Å². The van der Waals surface area contributed by atoms with Gasteiger partial charge in [-0.1, -0.05) is 17.0 Å². The van der Waals surface area contributed by atoms with Crippen molar-refractivity contribution in [2.24, 2.45) is 5.73 Å². The van der Waals surface area contributed by atoms with Crippen LogP contribution in [0.3, 0.4) is 0 Å². The van der Waals surface area contributed by atoms with Crippen LogP contribution in [0.5, 0.6) is 0 Å². The predicted molar refractivity (Wildman–Crippen MR) is 72.7 cm³/mol. The van der Waals surface area contributed by atoms with Crippen molar-refractivity contribution >= 4 is 17.2 Å². The summed E-state index contributed by atoms with van der Waals surface area (Å²) in [5, 5.41) is 8.32. The van der Waals surface area contributed by atoms with E-state index < -0.39 is 0 Å². The Labute approximate surface area is 114 Å². The maximum Gasteiger partial charge on any atom is 0.256 e. The van der Waals surface area contributed by atoms with Crippen molar-refractivity contribution in [1.82, 2.24) is 10.5 Å². The molecule has 0 atom stereocenters. The number of hydrogen-bond donors (Lipinski definition) is 2. The van der Waals surface area contributed by atoms with Crippen LogP contribution in [-0.4, -0.2) is 17.6 Å². The average molecular weight is 275 g/mol. The molecule has 2 aromatic rings. The Balaban J connectivity index is 1.94. The lowest BCUT2D eigenvalue weighted by Gasteiger charge is -2.00. The van der Waals surface area contributed by atoms with Crippen LogP contribution in [-0.2, 0) is 6.54 Å². The zero-order valence-corrected chi connectivity index (χ0v) is 11.2. The van der Waals surface area contributed by atoms with Gasteiger partial charge in [0.1, 0.15) is 11.3 Å². The van der Waals surface area contributed by atoms with Crippen molar-refractivity contribution in [3.05, 3.63) is 39.4 Å². The van der Waals surface area contributed by atoms with E-state index in [0.29, 0.717) is 24.4 Å². The fraction of sp³-hybridized carbons (Fsp3) is 0.231. The van der Waals surface area contributed by atoms with E-state index in [0.717, 1.165) is 10.4 Å². The standard InChI is InChI=1S/C13H13N3O2S/c1-9-12(7-16-18-9)13(17)15-6-11-5-10(8-19-11)3-2-4-14/h5,7-8H,4,6,14H2,1H3,(H,15,17). The Bertz CT molecular complexity index is 634. The number of rotatable bonds is 3. The van der Waals surface area contributed by atoms with Gasteiger partial charge in [-0.15, -0.1) is 11.3 Å². The summed E-state index contributed by atoms with van der Waals surface area (Å²) in [6, 6.07) is 1.94. The van der Waals surface area contributed by atoms with Gasteiger partial charge in [0, 0.05) is 15.8 Å². The fourth-order valence-corrected chi connectivity index (χ4v) is 2.23. The smallest absolute Gasteiger partial charge is 0.256 e. The number of nitrogens with two attached hydrogens (primary N) is 1. The molecule has 0 aliphatic carbocycles. The number of amides is 1. The minimum Gasteiger partial charge on any atom is -0.361 e. The Morgan fingerprint density at radius 3 is 3.16 bits per heavy atom. The molecule has 2 heterocycles. The summed E-state index contributed by atoms with van der Waals surface area (Å²) in [4.78, 5) is 12.9. The number of thiophene rings is 1. The molecule has 0 fully saturated rings. The molecule has 0 saturated carbocycles. The molecular weight excluding hydrogens is 262 g/mol. The number of aromatic nitrogens is 1. The molecule has 0 aromatic carbocycles. The van der Waals surface area contributed by atoms with Crippen molar-refractivity contribution in [2.75, 3.05) is 6.54 Å². The summed E-state index contributed by atoms with van der Waals surface area (Å²) in [5.41, 5.74) is 6.68. The maximum absolute atomic E-state index is 11.8. The first-order valence-electron chi connectivity index (χ1n) is 5.66. The lowest BCUT2D eigenvalue weighted by atomic mass is 10.2. The lowest BCUT2D eigenvalue weighted by Crippen LogP contribution is -2.22. The Morgan fingerprint density at radius 2 is 2.47 bits per heavy atom. The summed E-state index contributed by atoms with van der Waals surface area (Å²) < 4.78 is 4.85. The van der Waals surface area contributed by atoms with E-state index in [9.17, 15) is 4.79 Å². The van der Waals surface area contributed by atoms with Crippen molar-refractivity contribution in [3.8, 4) is 11.8 Å². The van der Waals surface area contributed by atoms with E-state index >= 15 is 0 Å². The van der Waals surface area contributed by atoms with Crippen LogP contribution in [0.25, 0.3) is 0 Å². The molecule has 0 saturated heterocycles. The Hall–Kier alpha value is -2.10. The quantitative estimate of drug-likeness (QED) is 0.827. The number of carbonyl (C=O) groups is 1. The summed E-state index contributed by atoms with van der Waals surface area (Å²) >= 11 is 1.55. The summed E-state index contributed by atoms with van der Waals surface area (Å²) in [6.45, 7) is 2.50. The van der Waals surface area contributed by atoms with E-state index in [2.05, 4.69) is 22.3 Å². The minimum absolute atomic E-state index is 0.193. The molecule has 2 aromatic heterocycles. The molecule has 0 aliphatic heterocycles. The van der Waals surface area contributed by atoms with Gasteiger partial charge in [0.25, 0.3) is 5.91 Å². The first-order valence-corrected chi connectivity index (χ1v) is 6.54. The van der Waals surface area contributed by atoms with Gasteiger partial charge in [0.2, 0.25) is 0 Å². The van der Waals surface area contributed by atoms with Gasteiger partial charge in [-0.2, -0.15) is 0 Å². The molecular formula is C13H13N3O2S. The normalized spacial score (nSPS) is 9.79. The van der Waals surface area contributed by atoms with Crippen LogP contribution in [0, 0.1) is 18.8 Å². The first-order chi connectivity index (χ1) is 9.20. The third kappa shape index (κ3) is 3.44. The third-order valence-electron chi connectivity index (χ3n) is 2.41. The van der Waals surface area contributed by atoms with Gasteiger partial charge in [-0.05, 0) is 13.0 Å². The van der Waals surface area contributed by atoms with Gasteiger partial charge in [0.15, 0.2) is 0 Å². The molecule has 5 nitrogen and oxygen atoms in total. The SMILES string of the molecule is Cc1oncc1C(=O)NCc1cc(C#CCN)cs1. The molecule has 2 rings (SSSR count). The second-order valence-electron chi connectivity index (χ2n) is 3.79. The van der Waals surface area contributed by atoms with Crippen LogP contribution in [0.1, 0.15) is 26.6 Å². The van der Waals surface area contributed by atoms with Gasteiger partial charge >= 0.3 is 0 Å². The zero-order valence-electron chi connectivity index (χ0n) is 10.4. The largest absolute Gasteiger partial charge is 0.361 e. The number of aryl methyl sites for hydroxylation is 1. The van der Waals surface area contributed by atoms with Crippen LogP contribution in [0.4, 0.5) is 0 Å². The highest BCUT2D eigenvalue weighted by Gasteiger charge is 2.12. The summed E-state index contributed by atoms with van der Waals surface area (Å²) in [6.07, 6.45) is 1.41. The van der Waals surface area contributed by atoms with Gasteiger partial charge in [-0.25, -0.2) is 0 Å². The molecule has 98 valence electrons. The Morgan fingerprint density at radius 1 is 1.63 bits per heavy atom. The van der Waals surface area contributed by atoms with Crippen LogP contribution in [0.2, 0.25) is 0 Å². The van der Waals surface area contributed by atoms with Gasteiger partial charge in [-0.3, -0.25) is 4.79 Å². The molecule has 6 heteroatoms. The van der Waals surface area contributed by atoms with Gasteiger partial charge in [0.05, 0.1) is 19.3 Å². The minimum atomic E-state index is -0.193. The highest BCUT2D eigenvalue weighted by Crippen LogP contribution is 2.14. The van der Waals surface area contributed by atoms with E-state index in [1.54, 1.807) is 18.3 Å². The van der Waals surface area contributed by atoms with Crippen molar-refractivity contribution in [1.29, 1.82) is 0 Å². The van der Waals surface area contributed by atoms with Crippen molar-refractivity contribution < 1.29 is 9.32 Å². The molecule has 1 amide bonds. The number of nitrogens with zero attached hydrogens (tertiary/aromatic N) is 1. The molecule has 0 aliphatic rings. The monoisotopic (exact) mass is 275 g/mol. The average Bonchev–Trinajstić information content (AvgIpc) is 3.02. The molecule has 0 spiro atoms. The van der Waals surface area contributed by atoms with Crippen molar-refractivity contribution in [3.63, 3.8) is 0 Å². The molecule has 0 unspecified atom stereocenters. The fourth-order valence-electron chi connectivity index (χ4n) is 1.47. The van der Waals surface area contributed by atoms with Crippen molar-refractivity contribution in [2.45, 2.75) is 13.5 Å². The molecule has 0 radical (unpaired) electrons. The Kier molecular flexibility index (Phi) is 4.34. The predicted octanol–water partition coefficient (Wildman–Crippen LogP) is 1.28.